The van der Waals surface area contributed by atoms with Gasteiger partial charge in [-0.1, -0.05) is 12.1 Å². The molecule has 0 saturated heterocycles. The predicted molar refractivity (Wildman–Crippen MR) is 98.3 cm³/mol. The summed E-state index contributed by atoms with van der Waals surface area (Å²) >= 11 is 0.853. The SMILES string of the molecule is O=C(/C=C/c1cccc(O)c1)NCCOc1ccc(SC(=O)NO)cc1. The van der Waals surface area contributed by atoms with Gasteiger partial charge >= 0.3 is 5.24 Å². The standard InChI is InChI=1S/C18H18N2O5S/c21-14-3-1-2-13(12-14)4-9-17(22)19-10-11-25-15-5-7-16(8-6-15)26-18(23)20-24/h1-9,12,21,24H,10-11H2,(H,19,22)(H,20,23)/b9-4+. The Balaban J connectivity index is 1.69. The number of thioether (sulfide) groups is 1. The van der Waals surface area contributed by atoms with Crippen molar-refractivity contribution in [2.24, 2.45) is 0 Å². The van der Waals surface area contributed by atoms with Crippen molar-refractivity contribution in [3.05, 3.63) is 60.2 Å². The van der Waals surface area contributed by atoms with Crippen molar-refractivity contribution in [3.63, 3.8) is 0 Å². The number of nitrogens with one attached hydrogen (secondary N) is 2. The van der Waals surface area contributed by atoms with Crippen molar-refractivity contribution in [2.75, 3.05) is 13.2 Å². The highest BCUT2D eigenvalue weighted by atomic mass is 32.2. The molecule has 0 unspecified atom stereocenters. The Kier molecular flexibility index (Phi) is 7.53. The van der Waals surface area contributed by atoms with Gasteiger partial charge in [-0.25, -0.2) is 5.48 Å². The Labute approximate surface area is 154 Å². The summed E-state index contributed by atoms with van der Waals surface area (Å²) in [6.45, 7) is 0.613. The number of phenolic OH excluding ortho intramolecular Hbond substituents is 1. The van der Waals surface area contributed by atoms with E-state index in [0.717, 1.165) is 17.3 Å². The number of aromatic hydroxyl groups is 1. The Hall–Kier alpha value is -2.97. The van der Waals surface area contributed by atoms with Gasteiger partial charge in [0, 0.05) is 11.0 Å². The van der Waals surface area contributed by atoms with Crippen LogP contribution in [0.2, 0.25) is 0 Å². The molecule has 0 fully saturated rings. The van der Waals surface area contributed by atoms with Crippen LogP contribution in [0.4, 0.5) is 4.79 Å². The van der Waals surface area contributed by atoms with Gasteiger partial charge < -0.3 is 15.2 Å². The molecule has 0 saturated carbocycles. The minimum atomic E-state index is -0.569. The minimum absolute atomic E-state index is 0.141. The molecule has 0 aliphatic carbocycles. The zero-order valence-electron chi connectivity index (χ0n) is 13.7. The van der Waals surface area contributed by atoms with Crippen LogP contribution in [0, 0.1) is 0 Å². The molecule has 2 rings (SSSR count). The fourth-order valence-corrected chi connectivity index (χ4v) is 2.47. The molecule has 2 aromatic rings. The van der Waals surface area contributed by atoms with Crippen LogP contribution in [0.25, 0.3) is 6.08 Å². The van der Waals surface area contributed by atoms with E-state index >= 15 is 0 Å². The van der Waals surface area contributed by atoms with E-state index in [0.29, 0.717) is 17.2 Å². The number of rotatable bonds is 7. The first-order chi connectivity index (χ1) is 12.6. The number of amides is 2. The Morgan fingerprint density at radius 1 is 1.15 bits per heavy atom. The number of hydroxylamine groups is 1. The molecular formula is C18H18N2O5S. The van der Waals surface area contributed by atoms with Crippen LogP contribution in [-0.4, -0.2) is 34.6 Å². The summed E-state index contributed by atoms with van der Waals surface area (Å²) in [5.74, 6) is 0.476. The normalized spacial score (nSPS) is 10.5. The highest BCUT2D eigenvalue weighted by molar-refractivity contribution is 8.13. The van der Waals surface area contributed by atoms with Gasteiger partial charge in [-0.2, -0.15) is 0 Å². The van der Waals surface area contributed by atoms with E-state index in [-0.39, 0.29) is 18.3 Å². The number of benzene rings is 2. The Morgan fingerprint density at radius 2 is 1.92 bits per heavy atom. The molecule has 0 aliphatic rings. The summed E-state index contributed by atoms with van der Waals surface area (Å²) in [7, 11) is 0. The quantitative estimate of drug-likeness (QED) is 0.195. The van der Waals surface area contributed by atoms with Gasteiger partial charge in [-0.05, 0) is 59.8 Å². The number of hydrogen-bond donors (Lipinski definition) is 4. The molecule has 0 radical (unpaired) electrons. The molecule has 7 nitrogen and oxygen atoms in total. The second-order valence-electron chi connectivity index (χ2n) is 5.04. The number of hydrogen-bond acceptors (Lipinski definition) is 6. The fourth-order valence-electron chi connectivity index (χ4n) is 1.94. The predicted octanol–water partition coefficient (Wildman–Crippen LogP) is 2.79. The summed E-state index contributed by atoms with van der Waals surface area (Å²) < 4.78 is 5.49. The summed E-state index contributed by atoms with van der Waals surface area (Å²) in [6.07, 6.45) is 2.99. The van der Waals surface area contributed by atoms with Gasteiger partial charge in [-0.15, -0.1) is 0 Å². The molecular weight excluding hydrogens is 356 g/mol. The van der Waals surface area contributed by atoms with Gasteiger partial charge in [0.25, 0.3) is 0 Å². The summed E-state index contributed by atoms with van der Waals surface area (Å²) in [6, 6.07) is 13.3. The third-order valence-electron chi connectivity index (χ3n) is 3.09. The molecule has 26 heavy (non-hydrogen) atoms. The Bertz CT molecular complexity index is 777. The van der Waals surface area contributed by atoms with Crippen LogP contribution in [0.1, 0.15) is 5.56 Å². The van der Waals surface area contributed by atoms with E-state index in [1.165, 1.54) is 11.6 Å². The van der Waals surface area contributed by atoms with E-state index in [1.54, 1.807) is 54.6 Å². The molecule has 136 valence electrons. The van der Waals surface area contributed by atoms with Crippen LogP contribution in [-0.2, 0) is 4.79 Å². The van der Waals surface area contributed by atoms with E-state index in [1.807, 2.05) is 0 Å². The first-order valence-corrected chi connectivity index (χ1v) is 8.48. The fraction of sp³-hybridized carbons (Fsp3) is 0.111. The second kappa shape index (κ2) is 10.1. The van der Waals surface area contributed by atoms with E-state index in [9.17, 15) is 14.7 Å². The van der Waals surface area contributed by atoms with E-state index in [2.05, 4.69) is 5.32 Å². The van der Waals surface area contributed by atoms with Crippen molar-refractivity contribution in [1.29, 1.82) is 0 Å². The number of phenols is 1. The Morgan fingerprint density at radius 3 is 2.62 bits per heavy atom. The van der Waals surface area contributed by atoms with E-state index < -0.39 is 5.24 Å². The van der Waals surface area contributed by atoms with Crippen molar-refractivity contribution in [1.82, 2.24) is 10.8 Å². The maximum absolute atomic E-state index is 11.7. The largest absolute Gasteiger partial charge is 0.508 e. The lowest BCUT2D eigenvalue weighted by Crippen LogP contribution is -2.26. The maximum atomic E-state index is 11.7. The smallest absolute Gasteiger partial charge is 0.307 e. The molecule has 0 aliphatic heterocycles. The highest BCUT2D eigenvalue weighted by Crippen LogP contribution is 2.21. The molecule has 0 atom stereocenters. The van der Waals surface area contributed by atoms with Crippen LogP contribution in [0.5, 0.6) is 11.5 Å². The molecule has 4 N–H and O–H groups in total. The zero-order chi connectivity index (χ0) is 18.8. The van der Waals surface area contributed by atoms with Crippen molar-refractivity contribution < 1.29 is 24.6 Å². The van der Waals surface area contributed by atoms with Crippen molar-refractivity contribution >= 4 is 29.0 Å². The van der Waals surface area contributed by atoms with Gasteiger partial charge in [0.15, 0.2) is 0 Å². The summed E-state index contributed by atoms with van der Waals surface area (Å²) in [4.78, 5) is 23.4. The van der Waals surface area contributed by atoms with E-state index in [4.69, 9.17) is 9.94 Å². The first-order valence-electron chi connectivity index (χ1n) is 7.66. The van der Waals surface area contributed by atoms with Crippen molar-refractivity contribution in [2.45, 2.75) is 4.90 Å². The molecule has 2 aromatic carbocycles. The second-order valence-corrected chi connectivity index (χ2v) is 6.09. The van der Waals surface area contributed by atoms with Crippen LogP contribution >= 0.6 is 11.8 Å². The molecule has 8 heteroatoms. The minimum Gasteiger partial charge on any atom is -0.508 e. The lowest BCUT2D eigenvalue weighted by Gasteiger charge is -2.07. The van der Waals surface area contributed by atoms with Crippen LogP contribution in [0.15, 0.2) is 59.5 Å². The van der Waals surface area contributed by atoms with Gasteiger partial charge in [0.05, 0.1) is 6.54 Å². The van der Waals surface area contributed by atoms with Gasteiger partial charge in [-0.3, -0.25) is 14.8 Å². The lowest BCUT2D eigenvalue weighted by atomic mass is 10.2. The number of carbonyl (C=O) groups is 2. The maximum Gasteiger partial charge on any atom is 0.307 e. The topological polar surface area (TPSA) is 108 Å². The monoisotopic (exact) mass is 374 g/mol. The molecule has 2 amide bonds. The molecule has 0 heterocycles. The average Bonchev–Trinajstić information content (AvgIpc) is 2.65. The first kappa shape index (κ1) is 19.4. The van der Waals surface area contributed by atoms with Gasteiger partial charge in [0.1, 0.15) is 18.1 Å². The van der Waals surface area contributed by atoms with Gasteiger partial charge in [0.2, 0.25) is 5.91 Å². The zero-order valence-corrected chi connectivity index (χ0v) is 14.5. The number of carbonyl (C=O) groups excluding carboxylic acids is 2. The molecule has 0 bridgehead atoms. The third-order valence-corrected chi connectivity index (χ3v) is 3.88. The van der Waals surface area contributed by atoms with Crippen LogP contribution < -0.4 is 15.5 Å². The highest BCUT2D eigenvalue weighted by Gasteiger charge is 2.03. The lowest BCUT2D eigenvalue weighted by molar-refractivity contribution is -0.116. The molecule has 0 spiro atoms. The third kappa shape index (κ3) is 6.88. The summed E-state index contributed by atoms with van der Waals surface area (Å²) in [5, 5.41) is 19.9. The molecule has 0 aromatic heterocycles. The van der Waals surface area contributed by atoms with Crippen molar-refractivity contribution in [3.8, 4) is 11.5 Å². The number of ether oxygens (including phenoxy) is 1. The summed E-state index contributed by atoms with van der Waals surface area (Å²) in [5.41, 5.74) is 2.26. The van der Waals surface area contributed by atoms with Crippen LogP contribution in [0.3, 0.4) is 0 Å². The average molecular weight is 374 g/mol.